The molecule has 0 radical (unpaired) electrons. The van der Waals surface area contributed by atoms with E-state index >= 15 is 0 Å². The maximum atomic E-state index is 11.2. The summed E-state index contributed by atoms with van der Waals surface area (Å²) in [5.41, 5.74) is 0.191. The summed E-state index contributed by atoms with van der Waals surface area (Å²) in [6, 6.07) is 1.25. The first-order valence-corrected chi connectivity index (χ1v) is 5.03. The lowest BCUT2D eigenvalue weighted by Crippen LogP contribution is -2.26. The van der Waals surface area contributed by atoms with E-state index in [1.54, 1.807) is 0 Å². The number of alkyl halides is 3. The van der Waals surface area contributed by atoms with Crippen molar-refractivity contribution in [1.82, 2.24) is 0 Å². The molecule has 0 spiro atoms. The molecule has 1 rings (SSSR count). The van der Waals surface area contributed by atoms with Crippen molar-refractivity contribution in [1.29, 1.82) is 0 Å². The number of anilines is 1. The summed E-state index contributed by atoms with van der Waals surface area (Å²) in [4.78, 5) is 22.2. The Balaban J connectivity index is 2.73. The van der Waals surface area contributed by atoms with Crippen molar-refractivity contribution in [3.8, 4) is 0 Å². The molecule has 0 aliphatic carbocycles. The summed E-state index contributed by atoms with van der Waals surface area (Å²) in [6.45, 7) is 0. The Morgan fingerprint density at radius 2 is 2.06 bits per heavy atom. The summed E-state index contributed by atoms with van der Waals surface area (Å²) < 4.78 is 7.13. The molecule has 5 nitrogen and oxygen atoms in total. The molecule has 0 bridgehead atoms. The number of nitrogens with one attached hydrogen (secondary N) is 1. The lowest BCUT2D eigenvalue weighted by Gasteiger charge is -2.08. The zero-order valence-corrected chi connectivity index (χ0v) is 10.2. The highest BCUT2D eigenvalue weighted by molar-refractivity contribution is 6.76. The predicted molar refractivity (Wildman–Crippen MR) is 59.0 cm³/mol. The molecule has 0 fully saturated rings. The molecular weight excluding hydrogens is 280 g/mol. The number of halogens is 3. The number of hydrogen-bond donors (Lipinski definition) is 1. The third-order valence-corrected chi connectivity index (χ3v) is 2.02. The van der Waals surface area contributed by atoms with Crippen LogP contribution in [0.1, 0.15) is 10.6 Å². The molecule has 88 valence electrons. The van der Waals surface area contributed by atoms with Crippen LogP contribution in [0.4, 0.5) is 5.69 Å². The molecule has 1 aromatic heterocycles. The molecule has 0 atom stereocenters. The third kappa shape index (κ3) is 3.30. The maximum Gasteiger partial charge on any atom is 0.374 e. The first-order chi connectivity index (χ1) is 7.34. The van der Waals surface area contributed by atoms with Crippen molar-refractivity contribution >= 4 is 52.4 Å². The zero-order valence-electron chi connectivity index (χ0n) is 7.92. The van der Waals surface area contributed by atoms with E-state index in [9.17, 15) is 9.59 Å². The van der Waals surface area contributed by atoms with Crippen LogP contribution in [0.25, 0.3) is 0 Å². The average Bonchev–Trinajstić information content (AvgIpc) is 2.63. The maximum absolute atomic E-state index is 11.2. The van der Waals surface area contributed by atoms with Gasteiger partial charge in [0.25, 0.3) is 9.70 Å². The van der Waals surface area contributed by atoms with Gasteiger partial charge < -0.3 is 14.5 Å². The number of amides is 1. The molecule has 1 N–H and O–H groups in total. The Labute approximate surface area is 106 Å². The Hall–Kier alpha value is -0.910. The van der Waals surface area contributed by atoms with Gasteiger partial charge in [0.05, 0.1) is 12.8 Å². The van der Waals surface area contributed by atoms with E-state index in [-0.39, 0.29) is 11.4 Å². The van der Waals surface area contributed by atoms with Gasteiger partial charge >= 0.3 is 5.97 Å². The second kappa shape index (κ2) is 4.95. The van der Waals surface area contributed by atoms with Crippen molar-refractivity contribution in [2.45, 2.75) is 3.79 Å². The van der Waals surface area contributed by atoms with Crippen LogP contribution in [-0.2, 0) is 9.53 Å². The standard InChI is InChI=1S/C8H6Cl3NO4/c1-15-6(13)5-2-4(3-16-5)12-7(14)8(9,10)11/h2-3H,1H3,(H,12,14). The summed E-state index contributed by atoms with van der Waals surface area (Å²) >= 11 is 16.0. The van der Waals surface area contributed by atoms with Crippen LogP contribution in [-0.4, -0.2) is 22.8 Å². The number of esters is 1. The van der Waals surface area contributed by atoms with Crippen LogP contribution in [0.15, 0.2) is 16.7 Å². The Bertz CT molecular complexity index is 410. The minimum atomic E-state index is -2.08. The molecule has 16 heavy (non-hydrogen) atoms. The fourth-order valence-corrected chi connectivity index (χ4v) is 0.953. The molecule has 0 unspecified atom stereocenters. The third-order valence-electron chi connectivity index (χ3n) is 1.50. The van der Waals surface area contributed by atoms with E-state index in [0.29, 0.717) is 0 Å². The van der Waals surface area contributed by atoms with Gasteiger partial charge in [0.15, 0.2) is 0 Å². The summed E-state index contributed by atoms with van der Waals surface area (Å²) in [6.07, 6.45) is 1.13. The fourth-order valence-electron chi connectivity index (χ4n) is 0.811. The number of methoxy groups -OCH3 is 1. The Kier molecular flexibility index (Phi) is 4.07. The van der Waals surface area contributed by atoms with Crippen LogP contribution >= 0.6 is 34.8 Å². The normalized spacial score (nSPS) is 11.0. The minimum Gasteiger partial charge on any atom is -0.463 e. The van der Waals surface area contributed by atoms with Gasteiger partial charge in [-0.3, -0.25) is 4.79 Å². The van der Waals surface area contributed by atoms with Crippen LogP contribution < -0.4 is 5.32 Å². The first-order valence-electron chi connectivity index (χ1n) is 3.89. The van der Waals surface area contributed by atoms with E-state index in [2.05, 4.69) is 10.1 Å². The van der Waals surface area contributed by atoms with Gasteiger partial charge in [0, 0.05) is 6.07 Å². The van der Waals surface area contributed by atoms with Gasteiger partial charge in [-0.05, 0) is 0 Å². The minimum absolute atomic E-state index is 0.0675. The van der Waals surface area contributed by atoms with Gasteiger partial charge in [-0.25, -0.2) is 4.79 Å². The van der Waals surface area contributed by atoms with Crippen molar-refractivity contribution in [3.63, 3.8) is 0 Å². The number of hydrogen-bond acceptors (Lipinski definition) is 4. The summed E-state index contributed by atoms with van der Waals surface area (Å²) in [7, 11) is 1.20. The Morgan fingerprint density at radius 1 is 1.44 bits per heavy atom. The lowest BCUT2D eigenvalue weighted by atomic mass is 10.4. The van der Waals surface area contributed by atoms with E-state index in [1.807, 2.05) is 0 Å². The molecular formula is C8H6Cl3NO4. The lowest BCUT2D eigenvalue weighted by molar-refractivity contribution is -0.115. The molecule has 0 saturated carbocycles. The number of carbonyl (C=O) groups is 2. The molecule has 0 aliphatic rings. The highest BCUT2D eigenvalue weighted by Crippen LogP contribution is 2.28. The summed E-state index contributed by atoms with van der Waals surface area (Å²) in [5.74, 6) is -1.59. The zero-order chi connectivity index (χ0) is 12.3. The van der Waals surface area contributed by atoms with Crippen molar-refractivity contribution in [3.05, 3.63) is 18.1 Å². The predicted octanol–water partition coefficient (Wildman–Crippen LogP) is 2.37. The molecule has 1 aromatic rings. The van der Waals surface area contributed by atoms with E-state index in [0.717, 1.165) is 6.26 Å². The van der Waals surface area contributed by atoms with Crippen molar-refractivity contribution in [2.75, 3.05) is 12.4 Å². The number of carbonyl (C=O) groups excluding carboxylic acids is 2. The molecule has 1 heterocycles. The first kappa shape index (κ1) is 13.2. The van der Waals surface area contributed by atoms with E-state index in [4.69, 9.17) is 39.2 Å². The fraction of sp³-hybridized carbons (Fsp3) is 0.250. The van der Waals surface area contributed by atoms with Gasteiger partial charge in [0.1, 0.15) is 6.26 Å². The number of ether oxygens (including phenoxy) is 1. The summed E-state index contributed by atoms with van der Waals surface area (Å²) in [5, 5.41) is 2.24. The molecule has 8 heteroatoms. The van der Waals surface area contributed by atoms with Gasteiger partial charge in [-0.1, -0.05) is 34.8 Å². The largest absolute Gasteiger partial charge is 0.463 e. The molecule has 0 aromatic carbocycles. The second-order valence-electron chi connectivity index (χ2n) is 2.64. The second-order valence-corrected chi connectivity index (χ2v) is 4.92. The van der Waals surface area contributed by atoms with Crippen molar-refractivity contribution < 1.29 is 18.7 Å². The SMILES string of the molecule is COC(=O)c1cc(NC(=O)C(Cl)(Cl)Cl)co1. The molecule has 1 amide bonds. The number of furan rings is 1. The molecule has 0 aliphatic heterocycles. The smallest absolute Gasteiger partial charge is 0.374 e. The quantitative estimate of drug-likeness (QED) is 0.669. The van der Waals surface area contributed by atoms with E-state index < -0.39 is 15.7 Å². The van der Waals surface area contributed by atoms with E-state index in [1.165, 1.54) is 13.2 Å². The molecule has 0 saturated heterocycles. The highest BCUT2D eigenvalue weighted by Gasteiger charge is 2.31. The van der Waals surface area contributed by atoms with Crippen LogP contribution in [0.3, 0.4) is 0 Å². The van der Waals surface area contributed by atoms with Crippen LogP contribution in [0.5, 0.6) is 0 Å². The number of rotatable bonds is 2. The highest BCUT2D eigenvalue weighted by atomic mass is 35.6. The van der Waals surface area contributed by atoms with Crippen molar-refractivity contribution in [2.24, 2.45) is 0 Å². The topological polar surface area (TPSA) is 68.5 Å². The Morgan fingerprint density at radius 3 is 2.56 bits per heavy atom. The van der Waals surface area contributed by atoms with Crippen LogP contribution in [0, 0.1) is 0 Å². The average molecular weight is 286 g/mol. The van der Waals surface area contributed by atoms with Gasteiger partial charge in [-0.2, -0.15) is 0 Å². The monoisotopic (exact) mass is 285 g/mol. The van der Waals surface area contributed by atoms with Crippen LogP contribution in [0.2, 0.25) is 0 Å². The van der Waals surface area contributed by atoms with Gasteiger partial charge in [-0.15, -0.1) is 0 Å². The van der Waals surface area contributed by atoms with Gasteiger partial charge in [0.2, 0.25) is 5.76 Å².